The number of benzene rings is 6. The van der Waals surface area contributed by atoms with Crippen molar-refractivity contribution in [2.24, 2.45) is 5.92 Å². The molecule has 3 heterocycles. The summed E-state index contributed by atoms with van der Waals surface area (Å²) in [6, 6.07) is 42.5. The first-order valence-electron chi connectivity index (χ1n) is 20.9. The Balaban J connectivity index is 0.000000215. The van der Waals surface area contributed by atoms with E-state index in [0.717, 1.165) is 81.1 Å². The van der Waals surface area contributed by atoms with E-state index < -0.39 is 31.3 Å². The molecule has 0 aliphatic rings. The molecule has 0 aliphatic carbocycles. The van der Waals surface area contributed by atoms with E-state index in [2.05, 4.69) is 84.0 Å². The molecule has 3 nitrogen and oxygen atoms in total. The first kappa shape index (κ1) is 40.6. The van der Waals surface area contributed by atoms with Crippen LogP contribution in [0.25, 0.3) is 70.7 Å². The van der Waals surface area contributed by atoms with Crippen LogP contribution in [-0.4, -0.2) is 27.8 Å². The quantitative estimate of drug-likeness (QED) is 0.118. The van der Waals surface area contributed by atoms with Crippen molar-refractivity contribution in [3.05, 3.63) is 167 Å². The number of pyridine rings is 1. The number of hydrogen-bond donors (Lipinski definition) is 0. The summed E-state index contributed by atoms with van der Waals surface area (Å²) in [5, 5.41) is 1.99. The Morgan fingerprint density at radius 1 is 0.817 bits per heavy atom. The Morgan fingerprint density at radius 2 is 1.53 bits per heavy atom. The maximum atomic E-state index is 14.2. The number of nitrogens with zero attached hydrogens (tertiary/aromatic N) is 3. The van der Waals surface area contributed by atoms with Crippen LogP contribution >= 0.6 is 11.3 Å². The van der Waals surface area contributed by atoms with Crippen molar-refractivity contribution in [1.29, 1.82) is 0 Å². The van der Waals surface area contributed by atoms with E-state index in [0.29, 0.717) is 5.56 Å². The van der Waals surface area contributed by atoms with Gasteiger partial charge < -0.3 is 4.57 Å². The van der Waals surface area contributed by atoms with Gasteiger partial charge in [0.15, 0.2) is 0 Å². The molecule has 0 spiro atoms. The van der Waals surface area contributed by atoms with Crippen LogP contribution in [-0.2, 0) is 26.5 Å². The second kappa shape index (κ2) is 17.7. The number of fused-ring (bicyclic) bond motifs is 4. The zero-order valence-electron chi connectivity index (χ0n) is 37.0. The minimum absolute atomic E-state index is 0. The predicted molar refractivity (Wildman–Crippen MR) is 248 cm³/mol. The van der Waals surface area contributed by atoms with Crippen molar-refractivity contribution >= 4 is 60.2 Å². The molecule has 0 saturated heterocycles. The van der Waals surface area contributed by atoms with Gasteiger partial charge in [0, 0.05) is 36.6 Å². The SMILES string of the molecule is Cc1cc(C)c(-n2c(-c3[c-]ccc4c3sc3cccc(-c5cc(F)cc(F)c5)c34)nc3ccccc32)c(C)c1.[2H]C([2H])(c1cc(-c2[c-]cccc2)nc[c]1[Ge]([CH3])([CH3])[CH3])C(C)C.[Ir]. The number of rotatable bonds is 7. The summed E-state index contributed by atoms with van der Waals surface area (Å²) in [4.78, 5) is 9.73. The third-order valence-corrected chi connectivity index (χ3v) is 15.8. The van der Waals surface area contributed by atoms with E-state index in [9.17, 15) is 8.78 Å². The van der Waals surface area contributed by atoms with Gasteiger partial charge in [-0.3, -0.25) is 4.98 Å². The Morgan fingerprint density at radius 3 is 2.22 bits per heavy atom. The number of para-hydroxylation sites is 2. The van der Waals surface area contributed by atoms with Gasteiger partial charge in [-0.1, -0.05) is 52.9 Å². The predicted octanol–water partition coefficient (Wildman–Crippen LogP) is 14.0. The molecule has 1 radical (unpaired) electrons. The fourth-order valence-corrected chi connectivity index (χ4v) is 12.2. The van der Waals surface area contributed by atoms with Crippen LogP contribution in [0, 0.1) is 50.5 Å². The summed E-state index contributed by atoms with van der Waals surface area (Å²) in [5.41, 5.74) is 11.4. The molecule has 3 aromatic heterocycles. The minimum Gasteiger partial charge on any atom is 0 e. The van der Waals surface area contributed by atoms with Crippen LogP contribution in [0.2, 0.25) is 17.3 Å². The van der Waals surface area contributed by atoms with E-state index >= 15 is 0 Å². The third-order valence-electron chi connectivity index (χ3n) is 10.4. The van der Waals surface area contributed by atoms with Crippen LogP contribution in [0.1, 0.15) is 38.8 Å². The Kier molecular flexibility index (Phi) is 12.0. The van der Waals surface area contributed by atoms with E-state index in [1.54, 1.807) is 11.3 Å². The molecule has 0 unspecified atom stereocenters. The molecule has 60 heavy (non-hydrogen) atoms. The van der Waals surface area contributed by atoms with Gasteiger partial charge in [0.05, 0.1) is 16.9 Å². The number of thiophene rings is 1. The normalized spacial score (nSPS) is 12.3. The van der Waals surface area contributed by atoms with Crippen molar-refractivity contribution in [1.82, 2.24) is 14.5 Å². The van der Waals surface area contributed by atoms with Crippen molar-refractivity contribution < 1.29 is 31.6 Å². The molecule has 305 valence electrons. The first-order valence-corrected chi connectivity index (χ1v) is 28.1. The molecule has 9 aromatic rings. The van der Waals surface area contributed by atoms with E-state index in [4.69, 9.17) is 7.73 Å². The third kappa shape index (κ3) is 8.69. The molecular weight excluding hydrogens is 1000 g/mol. The van der Waals surface area contributed by atoms with Gasteiger partial charge in [0.2, 0.25) is 0 Å². The number of aryl methyl sites for hydroxylation is 3. The van der Waals surface area contributed by atoms with Crippen LogP contribution in [0.5, 0.6) is 0 Å². The number of hydrogen-bond acceptors (Lipinski definition) is 3. The summed E-state index contributed by atoms with van der Waals surface area (Å²) < 4.78 is 51.0. The molecule has 0 saturated carbocycles. The smallest absolute Gasteiger partial charge is 0 e. The maximum absolute atomic E-state index is 14.2. The monoisotopic (exact) mass is 1050 g/mol. The van der Waals surface area contributed by atoms with Crippen molar-refractivity contribution in [3.8, 4) is 39.5 Å². The number of imidazole rings is 1. The molecule has 9 rings (SSSR count). The molecule has 8 heteroatoms. The van der Waals surface area contributed by atoms with Crippen LogP contribution < -0.4 is 4.40 Å². The maximum Gasteiger partial charge on any atom is 0 e. The zero-order valence-corrected chi connectivity index (χ0v) is 40.3. The van der Waals surface area contributed by atoms with Gasteiger partial charge in [-0.05, 0) is 83.4 Å². The molecule has 0 N–H and O–H groups in total. The van der Waals surface area contributed by atoms with Crippen LogP contribution in [0.15, 0.2) is 121 Å². The zero-order chi connectivity index (χ0) is 43.4. The number of aromatic nitrogens is 3. The van der Waals surface area contributed by atoms with Gasteiger partial charge in [0.1, 0.15) is 11.6 Å². The molecule has 0 aliphatic heterocycles. The van der Waals surface area contributed by atoms with Crippen molar-refractivity contribution in [2.45, 2.75) is 58.3 Å². The largest absolute Gasteiger partial charge is 0 e. The molecule has 0 atom stereocenters. The molecule has 0 amide bonds. The fraction of sp³-hybridized carbons (Fsp3) is 0.192. The van der Waals surface area contributed by atoms with Gasteiger partial charge in [-0.15, -0.1) is 18.2 Å². The second-order valence-electron chi connectivity index (χ2n) is 16.5. The molecule has 6 aromatic carbocycles. The Bertz CT molecular complexity index is 3060. The van der Waals surface area contributed by atoms with E-state index in [-0.39, 0.29) is 26.0 Å². The fourth-order valence-electron chi connectivity index (χ4n) is 8.04. The van der Waals surface area contributed by atoms with E-state index in [1.807, 2.05) is 92.8 Å². The van der Waals surface area contributed by atoms with Gasteiger partial charge in [-0.25, -0.2) is 8.78 Å². The average molecular weight is 1050 g/mol. The summed E-state index contributed by atoms with van der Waals surface area (Å²) in [7, 11) is 0. The van der Waals surface area contributed by atoms with Crippen LogP contribution in [0.3, 0.4) is 0 Å². The Hall–Kier alpha value is -4.79. The molecular formula is C52H47F2GeIrN3S-2. The van der Waals surface area contributed by atoms with E-state index in [1.165, 1.54) is 28.8 Å². The van der Waals surface area contributed by atoms with Crippen molar-refractivity contribution in [3.63, 3.8) is 0 Å². The molecule has 0 fully saturated rings. The van der Waals surface area contributed by atoms with Crippen molar-refractivity contribution in [2.75, 3.05) is 0 Å². The summed E-state index contributed by atoms with van der Waals surface area (Å²) in [6.07, 6.45) is 0.562. The second-order valence-corrected chi connectivity index (χ2v) is 28.1. The number of halogens is 2. The first-order chi connectivity index (χ1) is 29.0. The standard InChI is InChI=1S/C34H23F2N2S.C18H24GeN.Ir/c1-19-14-20(2)32(21(3)15-19)38-29-12-5-4-11-28(29)37-34(38)27-10-6-9-26-31-25(8-7-13-30(31)39-33(26)27)22-16-23(35)18-24(36)17-22;1-14(2)11-16-12-18(15-9-7-6-8-10-15)20-13-17(16)19(3,4)5;/h4-9,11-18H,1-3H3;6-9,12-14H,11H2,1-5H3;/q2*-1;/i;11D2;. The van der Waals surface area contributed by atoms with Gasteiger partial charge >= 0.3 is 128 Å². The van der Waals surface area contributed by atoms with Gasteiger partial charge in [-0.2, -0.15) is 11.3 Å². The average Bonchev–Trinajstić information content (AvgIpc) is 3.79. The summed E-state index contributed by atoms with van der Waals surface area (Å²) >= 11 is -0.549. The minimum atomic E-state index is -2.20. The Labute approximate surface area is 375 Å². The van der Waals surface area contributed by atoms with Crippen LogP contribution in [0.4, 0.5) is 8.78 Å². The summed E-state index contributed by atoms with van der Waals surface area (Å²) in [6.45, 7) is 10.3. The summed E-state index contributed by atoms with van der Waals surface area (Å²) in [5.74, 6) is 6.41. The molecule has 0 bridgehead atoms. The van der Waals surface area contributed by atoms with Gasteiger partial charge in [0.25, 0.3) is 0 Å². The topological polar surface area (TPSA) is 30.7 Å².